The number of esters is 1. The van der Waals surface area contributed by atoms with Gasteiger partial charge in [0.25, 0.3) is 0 Å². The molecule has 34 heavy (non-hydrogen) atoms. The molecule has 0 amide bonds. The number of rotatable bonds is 7. The highest BCUT2D eigenvalue weighted by atomic mass is 35.5. The van der Waals surface area contributed by atoms with Gasteiger partial charge in [-0.25, -0.2) is 4.98 Å². The molecule has 2 heterocycles. The molecule has 0 spiro atoms. The number of carbonyl (C=O) groups excluding carboxylic acids is 2. The van der Waals surface area contributed by atoms with Crippen molar-refractivity contribution >= 4 is 46.1 Å². The van der Waals surface area contributed by atoms with E-state index in [9.17, 15) is 9.59 Å². The molecule has 2 fully saturated rings. The minimum Gasteiger partial charge on any atom is -0.495 e. The van der Waals surface area contributed by atoms with Gasteiger partial charge in [-0.05, 0) is 61.4 Å². The number of para-hydroxylation sites is 2. The number of ether oxygens (including phenoxy) is 2. The number of methoxy groups -OCH3 is 1. The van der Waals surface area contributed by atoms with Gasteiger partial charge in [0, 0.05) is 6.42 Å². The first-order valence-electron chi connectivity index (χ1n) is 11.7. The Hall–Kier alpha value is -2.51. The molecular weight excluding hydrogens is 472 g/mol. The quantitative estimate of drug-likeness (QED) is 0.329. The van der Waals surface area contributed by atoms with Gasteiger partial charge in [-0.3, -0.25) is 9.59 Å². The molecular formula is C26H27ClN2O4S. The fraction of sp³-hybridized carbons (Fsp3) is 0.423. The predicted octanol–water partition coefficient (Wildman–Crippen LogP) is 5.76. The Bertz CT molecular complexity index is 1170. The molecule has 1 aromatic heterocycles. The van der Waals surface area contributed by atoms with Gasteiger partial charge >= 0.3 is 5.97 Å². The Morgan fingerprint density at radius 1 is 1.21 bits per heavy atom. The van der Waals surface area contributed by atoms with E-state index in [0.29, 0.717) is 28.8 Å². The zero-order valence-electron chi connectivity index (χ0n) is 19.0. The Labute approximate surface area is 207 Å². The third kappa shape index (κ3) is 4.56. The number of benzene rings is 2. The summed E-state index contributed by atoms with van der Waals surface area (Å²) in [6.45, 7) is 0. The van der Waals surface area contributed by atoms with Crippen molar-refractivity contribution in [3.05, 3.63) is 53.1 Å². The van der Waals surface area contributed by atoms with Crippen LogP contribution in [-0.4, -0.2) is 39.7 Å². The van der Waals surface area contributed by atoms with Crippen LogP contribution in [0.2, 0.25) is 5.02 Å². The molecule has 2 atom stereocenters. The number of imidazole rings is 1. The monoisotopic (exact) mass is 498 g/mol. The van der Waals surface area contributed by atoms with Crippen LogP contribution in [0.4, 0.5) is 0 Å². The highest BCUT2D eigenvalue weighted by Gasteiger charge is 2.52. The summed E-state index contributed by atoms with van der Waals surface area (Å²) < 4.78 is 11.5. The van der Waals surface area contributed by atoms with Crippen LogP contribution in [0.25, 0.3) is 11.0 Å². The second-order valence-electron chi connectivity index (χ2n) is 9.14. The maximum atomic E-state index is 13.3. The summed E-state index contributed by atoms with van der Waals surface area (Å²) >= 11 is 7.46. The molecule has 1 aliphatic carbocycles. The van der Waals surface area contributed by atoms with Gasteiger partial charge in [0.2, 0.25) is 0 Å². The summed E-state index contributed by atoms with van der Waals surface area (Å²) in [4.78, 5) is 34.2. The highest BCUT2D eigenvalue weighted by molar-refractivity contribution is 8.01. The fourth-order valence-electron chi connectivity index (χ4n) is 5.26. The van der Waals surface area contributed by atoms with Crippen molar-refractivity contribution in [2.45, 2.75) is 61.0 Å². The van der Waals surface area contributed by atoms with Gasteiger partial charge in [-0.2, -0.15) is 0 Å². The largest absolute Gasteiger partial charge is 0.495 e. The fourth-order valence-corrected chi connectivity index (χ4v) is 6.45. The Balaban J connectivity index is 1.34. The number of nitrogens with one attached hydrogen (secondary N) is 1. The van der Waals surface area contributed by atoms with Crippen LogP contribution in [0.1, 0.15) is 44.1 Å². The van der Waals surface area contributed by atoms with Crippen molar-refractivity contribution in [2.75, 3.05) is 7.11 Å². The van der Waals surface area contributed by atoms with Gasteiger partial charge in [-0.1, -0.05) is 54.4 Å². The number of hydrogen-bond acceptors (Lipinski definition) is 6. The molecule has 1 N–H and O–H groups in total. The van der Waals surface area contributed by atoms with Crippen LogP contribution in [0, 0.1) is 5.92 Å². The average molecular weight is 499 g/mol. The van der Waals surface area contributed by atoms with Crippen molar-refractivity contribution in [3.63, 3.8) is 0 Å². The van der Waals surface area contributed by atoms with Gasteiger partial charge in [0.1, 0.15) is 11.4 Å². The number of aromatic nitrogens is 2. The van der Waals surface area contributed by atoms with Gasteiger partial charge < -0.3 is 14.5 Å². The molecule has 1 saturated carbocycles. The third-order valence-electron chi connectivity index (χ3n) is 7.03. The van der Waals surface area contributed by atoms with E-state index in [-0.39, 0.29) is 18.1 Å². The summed E-state index contributed by atoms with van der Waals surface area (Å²) in [6, 6.07) is 13.3. The molecule has 2 unspecified atom stereocenters. The van der Waals surface area contributed by atoms with Gasteiger partial charge in [-0.15, -0.1) is 0 Å². The number of Topliss-reactive ketones (excluding diaryl/α,β-unsaturated/α-hetero) is 1. The number of aromatic amines is 1. The number of H-pyrrole nitrogens is 1. The molecule has 0 bridgehead atoms. The van der Waals surface area contributed by atoms with Crippen molar-refractivity contribution in [3.8, 4) is 5.75 Å². The molecule has 8 heteroatoms. The number of aryl methyl sites for hydroxylation is 1. The van der Waals surface area contributed by atoms with Crippen LogP contribution in [0.3, 0.4) is 0 Å². The van der Waals surface area contributed by atoms with E-state index in [4.69, 9.17) is 21.1 Å². The normalized spacial score (nSPS) is 23.4. The Kier molecular flexibility index (Phi) is 6.58. The van der Waals surface area contributed by atoms with Crippen molar-refractivity contribution in [1.29, 1.82) is 0 Å². The number of nitrogens with zero attached hydrogens (tertiary/aromatic N) is 1. The molecule has 6 nitrogen and oxygen atoms in total. The minimum atomic E-state index is -0.898. The molecule has 3 aromatic rings. The molecule has 178 valence electrons. The number of cyclic esters (lactones) is 1. The molecule has 2 aliphatic rings. The summed E-state index contributed by atoms with van der Waals surface area (Å²) in [5.41, 5.74) is 1.95. The van der Waals surface area contributed by atoms with Crippen LogP contribution in [-0.2, 0) is 20.7 Å². The number of halogens is 1. The zero-order valence-corrected chi connectivity index (χ0v) is 20.6. The zero-order chi connectivity index (χ0) is 23.7. The van der Waals surface area contributed by atoms with E-state index in [2.05, 4.69) is 9.97 Å². The second kappa shape index (κ2) is 9.62. The maximum absolute atomic E-state index is 13.3. The molecule has 1 saturated heterocycles. The summed E-state index contributed by atoms with van der Waals surface area (Å²) in [7, 11) is 1.59. The first-order valence-corrected chi connectivity index (χ1v) is 12.9. The molecule has 1 aliphatic heterocycles. The van der Waals surface area contributed by atoms with E-state index in [0.717, 1.165) is 54.0 Å². The highest BCUT2D eigenvalue weighted by Crippen LogP contribution is 2.46. The van der Waals surface area contributed by atoms with Crippen molar-refractivity contribution in [1.82, 2.24) is 9.97 Å². The smallest absolute Gasteiger partial charge is 0.327 e. The molecule has 0 radical (unpaired) electrons. The number of fused-ring (bicyclic) bond motifs is 1. The third-order valence-corrected chi connectivity index (χ3v) is 8.44. The lowest BCUT2D eigenvalue weighted by Crippen LogP contribution is -2.53. The molecule has 2 aromatic carbocycles. The number of thioether (sulfide) groups is 1. The predicted molar refractivity (Wildman–Crippen MR) is 132 cm³/mol. The van der Waals surface area contributed by atoms with Crippen molar-refractivity contribution < 1.29 is 19.1 Å². The van der Waals surface area contributed by atoms with Gasteiger partial charge in [0.15, 0.2) is 16.2 Å². The molecule has 5 rings (SSSR count). The van der Waals surface area contributed by atoms with E-state index >= 15 is 0 Å². The lowest BCUT2D eigenvalue weighted by Gasteiger charge is -2.42. The lowest BCUT2D eigenvalue weighted by molar-refractivity contribution is -0.177. The SMILES string of the molecule is COc1ccc(CCC2(C3CCCC3)CC(=O)C(Sc3nc4ccccc4[nH]3)C(=O)O2)cc1Cl. The Morgan fingerprint density at radius 2 is 2.00 bits per heavy atom. The number of carbonyl (C=O) groups is 2. The van der Waals surface area contributed by atoms with Crippen LogP contribution in [0.15, 0.2) is 47.6 Å². The second-order valence-corrected chi connectivity index (χ2v) is 10.6. The summed E-state index contributed by atoms with van der Waals surface area (Å²) in [6.07, 6.45) is 5.66. The summed E-state index contributed by atoms with van der Waals surface area (Å²) in [5.74, 6) is 0.287. The first-order chi connectivity index (χ1) is 16.5. The number of ketones is 1. The summed E-state index contributed by atoms with van der Waals surface area (Å²) in [5, 5.41) is 0.206. The topological polar surface area (TPSA) is 81.3 Å². The van der Waals surface area contributed by atoms with Crippen LogP contribution >= 0.6 is 23.4 Å². The van der Waals surface area contributed by atoms with E-state index in [1.807, 2.05) is 42.5 Å². The Morgan fingerprint density at radius 3 is 2.71 bits per heavy atom. The standard InChI is InChI=1S/C26H27ClN2O4S/c1-32-22-11-10-16(14-18(22)27)12-13-26(17-6-2-3-7-17)15-21(30)23(24(31)33-26)34-25-28-19-8-4-5-9-20(19)29-25/h4-5,8-11,14,17,23H,2-3,6-7,12-13,15H2,1H3,(H,28,29). The average Bonchev–Trinajstić information content (AvgIpc) is 3.50. The maximum Gasteiger partial charge on any atom is 0.327 e. The number of hydrogen-bond donors (Lipinski definition) is 1. The first kappa shape index (κ1) is 23.2. The van der Waals surface area contributed by atoms with E-state index < -0.39 is 16.8 Å². The van der Waals surface area contributed by atoms with Crippen molar-refractivity contribution in [2.24, 2.45) is 5.92 Å². The van der Waals surface area contributed by atoms with E-state index in [1.165, 1.54) is 0 Å². The van der Waals surface area contributed by atoms with Crippen LogP contribution in [0.5, 0.6) is 5.75 Å². The van der Waals surface area contributed by atoms with E-state index in [1.54, 1.807) is 7.11 Å². The minimum absolute atomic E-state index is 0.0821. The lowest BCUT2D eigenvalue weighted by atomic mass is 9.76. The van der Waals surface area contributed by atoms with Gasteiger partial charge in [0.05, 0.1) is 23.2 Å². The van der Waals surface area contributed by atoms with Crippen LogP contribution < -0.4 is 4.74 Å².